The van der Waals surface area contributed by atoms with Crippen molar-refractivity contribution < 1.29 is 19.1 Å². The van der Waals surface area contributed by atoms with Crippen LogP contribution < -0.4 is 16.2 Å². The SMILES string of the molecule is Cc1c(C(=O)OCC(=O)NC(=O)NCC(C)C)sc2nc3n(c(=O)c12)CCC3. The molecule has 0 aromatic carbocycles. The zero-order valence-corrected chi connectivity index (χ0v) is 16.8. The Hall–Kier alpha value is -2.75. The number of aryl methyl sites for hydroxylation is 2. The molecule has 3 rings (SSSR count). The quantitative estimate of drug-likeness (QED) is 0.724. The van der Waals surface area contributed by atoms with Gasteiger partial charge in [-0.25, -0.2) is 14.6 Å². The summed E-state index contributed by atoms with van der Waals surface area (Å²) < 4.78 is 6.65. The Bertz CT molecular complexity index is 1010. The number of carbonyl (C=O) groups excluding carboxylic acids is 3. The molecule has 0 fully saturated rings. The van der Waals surface area contributed by atoms with Gasteiger partial charge >= 0.3 is 12.0 Å². The number of nitrogens with zero attached hydrogens (tertiary/aromatic N) is 2. The van der Waals surface area contributed by atoms with Crippen LogP contribution in [0.25, 0.3) is 10.2 Å². The Kier molecular flexibility index (Phi) is 5.78. The summed E-state index contributed by atoms with van der Waals surface area (Å²) >= 11 is 1.08. The van der Waals surface area contributed by atoms with Crippen LogP contribution in [0, 0.1) is 12.8 Å². The van der Waals surface area contributed by atoms with Gasteiger partial charge < -0.3 is 10.1 Å². The monoisotopic (exact) mass is 406 g/mol. The molecule has 0 unspecified atom stereocenters. The Balaban J connectivity index is 1.67. The maximum Gasteiger partial charge on any atom is 0.349 e. The summed E-state index contributed by atoms with van der Waals surface area (Å²) in [7, 11) is 0. The van der Waals surface area contributed by atoms with E-state index in [1.807, 2.05) is 13.8 Å². The summed E-state index contributed by atoms with van der Waals surface area (Å²) in [5.74, 6) is -0.479. The summed E-state index contributed by atoms with van der Waals surface area (Å²) in [6, 6.07) is -0.639. The Labute approximate surface area is 165 Å². The molecule has 3 heterocycles. The van der Waals surface area contributed by atoms with Crippen molar-refractivity contribution in [3.05, 3.63) is 26.6 Å². The summed E-state index contributed by atoms with van der Waals surface area (Å²) in [5, 5.41) is 5.04. The molecular formula is C18H22N4O5S. The molecule has 0 bridgehead atoms. The average Bonchev–Trinajstić information content (AvgIpc) is 3.23. The molecule has 0 spiro atoms. The van der Waals surface area contributed by atoms with Gasteiger partial charge in [0.1, 0.15) is 15.5 Å². The maximum absolute atomic E-state index is 12.6. The van der Waals surface area contributed by atoms with E-state index in [0.29, 0.717) is 28.9 Å². The van der Waals surface area contributed by atoms with Crippen LogP contribution >= 0.6 is 11.3 Å². The van der Waals surface area contributed by atoms with Crippen molar-refractivity contribution >= 4 is 39.5 Å². The standard InChI is InChI=1S/C18H22N4O5S/c1-9(2)7-19-18(26)21-12(23)8-27-17(25)14-10(3)13-15(28-14)20-11-5-4-6-22(11)16(13)24/h9H,4-8H2,1-3H3,(H2,19,21,23,26). The van der Waals surface area contributed by atoms with Crippen molar-refractivity contribution in [3.63, 3.8) is 0 Å². The van der Waals surface area contributed by atoms with Crippen LogP contribution in [0.15, 0.2) is 4.79 Å². The summed E-state index contributed by atoms with van der Waals surface area (Å²) in [5.41, 5.74) is 0.352. The Morgan fingerprint density at radius 1 is 1.32 bits per heavy atom. The number of hydrogen-bond donors (Lipinski definition) is 2. The van der Waals surface area contributed by atoms with E-state index in [4.69, 9.17) is 4.74 Å². The van der Waals surface area contributed by atoms with Crippen molar-refractivity contribution in [1.82, 2.24) is 20.2 Å². The van der Waals surface area contributed by atoms with E-state index < -0.39 is 24.5 Å². The molecule has 2 aromatic heterocycles. The smallest absolute Gasteiger partial charge is 0.349 e. The number of hydrogen-bond acceptors (Lipinski definition) is 7. The van der Waals surface area contributed by atoms with Crippen molar-refractivity contribution in [2.75, 3.05) is 13.2 Å². The fraction of sp³-hybridized carbons (Fsp3) is 0.500. The van der Waals surface area contributed by atoms with Gasteiger partial charge in [0, 0.05) is 19.5 Å². The van der Waals surface area contributed by atoms with Gasteiger partial charge in [0.25, 0.3) is 11.5 Å². The van der Waals surface area contributed by atoms with Crippen LogP contribution in [-0.4, -0.2) is 40.6 Å². The lowest BCUT2D eigenvalue weighted by Crippen LogP contribution is -2.42. The molecular weight excluding hydrogens is 384 g/mol. The minimum absolute atomic E-state index is 0.148. The van der Waals surface area contributed by atoms with Crippen LogP contribution in [-0.2, 0) is 22.5 Å². The first-order valence-electron chi connectivity index (χ1n) is 9.05. The number of rotatable bonds is 5. The van der Waals surface area contributed by atoms with E-state index in [-0.39, 0.29) is 16.4 Å². The van der Waals surface area contributed by atoms with Crippen LogP contribution in [0.1, 0.15) is 41.3 Å². The third kappa shape index (κ3) is 4.06. The molecule has 0 radical (unpaired) electrons. The van der Waals surface area contributed by atoms with E-state index in [2.05, 4.69) is 15.6 Å². The lowest BCUT2D eigenvalue weighted by atomic mass is 10.2. The number of carbonyl (C=O) groups is 3. The van der Waals surface area contributed by atoms with Gasteiger partial charge in [-0.3, -0.25) is 19.5 Å². The number of urea groups is 1. The molecule has 3 amide bonds. The van der Waals surface area contributed by atoms with Gasteiger partial charge in [-0.2, -0.15) is 0 Å². The average molecular weight is 406 g/mol. The van der Waals surface area contributed by atoms with E-state index >= 15 is 0 Å². The van der Waals surface area contributed by atoms with Gasteiger partial charge in [-0.1, -0.05) is 13.8 Å². The van der Waals surface area contributed by atoms with Gasteiger partial charge in [-0.05, 0) is 24.8 Å². The molecule has 10 heteroatoms. The predicted octanol–water partition coefficient (Wildman–Crippen LogP) is 1.35. The van der Waals surface area contributed by atoms with E-state index in [1.165, 1.54) is 0 Å². The summed E-state index contributed by atoms with van der Waals surface area (Å²) in [4.78, 5) is 53.6. The predicted molar refractivity (Wildman–Crippen MR) is 104 cm³/mol. The molecule has 28 heavy (non-hydrogen) atoms. The highest BCUT2D eigenvalue weighted by atomic mass is 32.1. The highest BCUT2D eigenvalue weighted by molar-refractivity contribution is 7.20. The second kappa shape index (κ2) is 8.09. The number of ether oxygens (including phenoxy) is 1. The first-order valence-corrected chi connectivity index (χ1v) is 9.87. The number of nitrogens with one attached hydrogen (secondary N) is 2. The molecule has 2 aromatic rings. The second-order valence-electron chi connectivity index (χ2n) is 7.05. The molecule has 1 aliphatic heterocycles. The Morgan fingerprint density at radius 3 is 2.79 bits per heavy atom. The van der Waals surface area contributed by atoms with Crippen molar-refractivity contribution in [1.29, 1.82) is 0 Å². The lowest BCUT2D eigenvalue weighted by Gasteiger charge is -2.08. The van der Waals surface area contributed by atoms with Crippen LogP contribution in [0.4, 0.5) is 4.79 Å². The fourth-order valence-electron chi connectivity index (χ4n) is 2.97. The minimum Gasteiger partial charge on any atom is -0.451 e. The number of thiophene rings is 1. The largest absolute Gasteiger partial charge is 0.451 e. The number of aromatic nitrogens is 2. The first-order chi connectivity index (χ1) is 13.3. The number of fused-ring (bicyclic) bond motifs is 2. The molecule has 2 N–H and O–H groups in total. The molecule has 150 valence electrons. The van der Waals surface area contributed by atoms with E-state index in [0.717, 1.165) is 30.0 Å². The highest BCUT2D eigenvalue weighted by Crippen LogP contribution is 2.29. The zero-order chi connectivity index (χ0) is 20.4. The summed E-state index contributed by atoms with van der Waals surface area (Å²) in [6.45, 7) is 5.97. The minimum atomic E-state index is -0.731. The lowest BCUT2D eigenvalue weighted by molar-refractivity contribution is -0.123. The van der Waals surface area contributed by atoms with E-state index in [9.17, 15) is 19.2 Å². The normalized spacial score (nSPS) is 12.9. The van der Waals surface area contributed by atoms with Gasteiger partial charge in [0.15, 0.2) is 6.61 Å². The van der Waals surface area contributed by atoms with Gasteiger partial charge in [0.05, 0.1) is 5.39 Å². The number of imide groups is 1. The topological polar surface area (TPSA) is 119 Å². The van der Waals surface area contributed by atoms with Gasteiger partial charge in [0.2, 0.25) is 0 Å². The Morgan fingerprint density at radius 2 is 2.07 bits per heavy atom. The third-order valence-electron chi connectivity index (χ3n) is 4.36. The third-order valence-corrected chi connectivity index (χ3v) is 5.52. The van der Waals surface area contributed by atoms with Crippen LogP contribution in [0.3, 0.4) is 0 Å². The van der Waals surface area contributed by atoms with Crippen molar-refractivity contribution in [2.24, 2.45) is 5.92 Å². The molecule has 0 aliphatic carbocycles. The number of amides is 3. The van der Waals surface area contributed by atoms with E-state index in [1.54, 1.807) is 11.5 Å². The van der Waals surface area contributed by atoms with Crippen LogP contribution in [0.2, 0.25) is 0 Å². The van der Waals surface area contributed by atoms with Crippen molar-refractivity contribution in [3.8, 4) is 0 Å². The van der Waals surface area contributed by atoms with Crippen molar-refractivity contribution in [2.45, 2.75) is 40.2 Å². The van der Waals surface area contributed by atoms with Gasteiger partial charge in [-0.15, -0.1) is 11.3 Å². The number of esters is 1. The zero-order valence-electron chi connectivity index (χ0n) is 16.0. The molecule has 0 saturated carbocycles. The first kappa shape index (κ1) is 20.0. The molecule has 1 aliphatic rings. The molecule has 0 atom stereocenters. The van der Waals surface area contributed by atoms with Crippen LogP contribution in [0.5, 0.6) is 0 Å². The second-order valence-corrected chi connectivity index (χ2v) is 8.05. The molecule has 0 saturated heterocycles. The maximum atomic E-state index is 12.6. The summed E-state index contributed by atoms with van der Waals surface area (Å²) in [6.07, 6.45) is 1.62. The molecule has 9 nitrogen and oxygen atoms in total. The fourth-order valence-corrected chi connectivity index (χ4v) is 4.05. The highest BCUT2D eigenvalue weighted by Gasteiger charge is 2.24.